The fourth-order valence-electron chi connectivity index (χ4n) is 2.73. The zero-order valence-electron chi connectivity index (χ0n) is 16.3. The molecule has 2 aromatic rings. The molecule has 0 spiro atoms. The van der Waals surface area contributed by atoms with Crippen molar-refractivity contribution in [3.8, 4) is 11.5 Å². The van der Waals surface area contributed by atoms with Gasteiger partial charge in [-0.05, 0) is 25.5 Å². The number of methoxy groups -OCH3 is 1. The number of rotatable bonds is 10. The van der Waals surface area contributed by atoms with Crippen LogP contribution >= 0.6 is 0 Å². The third-order valence-corrected chi connectivity index (χ3v) is 4.18. The second-order valence-corrected chi connectivity index (χ2v) is 6.08. The molecule has 0 aliphatic carbocycles. The molecule has 150 valence electrons. The van der Waals surface area contributed by atoms with Gasteiger partial charge < -0.3 is 19.7 Å². The number of anilines is 1. The van der Waals surface area contributed by atoms with Crippen molar-refractivity contribution >= 4 is 17.3 Å². The summed E-state index contributed by atoms with van der Waals surface area (Å²) in [4.78, 5) is 25.4. The summed E-state index contributed by atoms with van der Waals surface area (Å²) in [5.41, 5.74) is 0.714. The number of hydrogen-bond donors (Lipinski definition) is 1. The van der Waals surface area contributed by atoms with Crippen molar-refractivity contribution in [1.82, 2.24) is 5.32 Å². The van der Waals surface area contributed by atoms with E-state index in [1.54, 1.807) is 6.92 Å². The van der Waals surface area contributed by atoms with E-state index in [2.05, 4.69) is 10.2 Å². The van der Waals surface area contributed by atoms with E-state index in [1.165, 1.54) is 19.2 Å². The standard InChI is InChI=1S/C20H25N3O5/c1-4-28-19-13-16(17(23(25)26)14-18(19)27-3)20(24)21-11-8-12-22(2)15-9-6-5-7-10-15/h5-7,9-10,13-14H,4,8,11-12H2,1-3H3,(H,21,24). The molecule has 0 radical (unpaired) electrons. The monoisotopic (exact) mass is 387 g/mol. The van der Waals surface area contributed by atoms with Crippen molar-refractivity contribution in [3.05, 3.63) is 58.1 Å². The van der Waals surface area contributed by atoms with Gasteiger partial charge in [0.25, 0.3) is 11.6 Å². The largest absolute Gasteiger partial charge is 0.493 e. The van der Waals surface area contributed by atoms with Crippen LogP contribution < -0.4 is 19.7 Å². The van der Waals surface area contributed by atoms with Gasteiger partial charge in [0.2, 0.25) is 0 Å². The van der Waals surface area contributed by atoms with Crippen LogP contribution in [0.3, 0.4) is 0 Å². The summed E-state index contributed by atoms with van der Waals surface area (Å²) in [6.07, 6.45) is 0.694. The molecule has 2 aromatic carbocycles. The number of ether oxygens (including phenoxy) is 2. The summed E-state index contributed by atoms with van der Waals surface area (Å²) in [6, 6.07) is 12.5. The molecule has 0 saturated heterocycles. The normalized spacial score (nSPS) is 10.2. The number of nitrogens with zero attached hydrogens (tertiary/aromatic N) is 2. The minimum absolute atomic E-state index is 0.0503. The van der Waals surface area contributed by atoms with Crippen LogP contribution in [0.25, 0.3) is 0 Å². The smallest absolute Gasteiger partial charge is 0.286 e. The lowest BCUT2D eigenvalue weighted by Gasteiger charge is -2.19. The zero-order valence-corrected chi connectivity index (χ0v) is 16.3. The molecule has 0 heterocycles. The van der Waals surface area contributed by atoms with Gasteiger partial charge in [0, 0.05) is 31.9 Å². The predicted molar refractivity (Wildman–Crippen MR) is 107 cm³/mol. The summed E-state index contributed by atoms with van der Waals surface area (Å²) in [5, 5.41) is 14.1. The minimum atomic E-state index is -0.601. The van der Waals surface area contributed by atoms with Gasteiger partial charge in [-0.25, -0.2) is 0 Å². The van der Waals surface area contributed by atoms with Crippen LogP contribution in [-0.4, -0.2) is 44.7 Å². The molecule has 2 rings (SSSR count). The first-order valence-electron chi connectivity index (χ1n) is 9.01. The van der Waals surface area contributed by atoms with Crippen LogP contribution in [0.5, 0.6) is 11.5 Å². The van der Waals surface area contributed by atoms with E-state index in [4.69, 9.17) is 9.47 Å². The highest BCUT2D eigenvalue weighted by molar-refractivity contribution is 5.99. The Balaban J connectivity index is 2.02. The van der Waals surface area contributed by atoms with E-state index in [1.807, 2.05) is 37.4 Å². The Morgan fingerprint density at radius 2 is 1.93 bits per heavy atom. The van der Waals surface area contributed by atoms with Gasteiger partial charge in [0.1, 0.15) is 5.56 Å². The van der Waals surface area contributed by atoms with Crippen LogP contribution in [0.4, 0.5) is 11.4 Å². The van der Waals surface area contributed by atoms with Crippen molar-refractivity contribution in [2.45, 2.75) is 13.3 Å². The SMILES string of the molecule is CCOc1cc(C(=O)NCCCN(C)c2ccccc2)c([N+](=O)[O-])cc1OC. The number of nitro benzene ring substituents is 1. The molecule has 0 aromatic heterocycles. The number of carbonyl (C=O) groups is 1. The summed E-state index contributed by atoms with van der Waals surface area (Å²) < 4.78 is 10.5. The molecule has 0 bridgehead atoms. The quantitative estimate of drug-likeness (QED) is 0.382. The number of benzene rings is 2. The number of para-hydroxylation sites is 1. The number of carbonyl (C=O) groups excluding carboxylic acids is 1. The molecule has 0 saturated carbocycles. The number of nitro groups is 1. The average Bonchev–Trinajstić information content (AvgIpc) is 2.71. The van der Waals surface area contributed by atoms with Crippen LogP contribution in [0.2, 0.25) is 0 Å². The summed E-state index contributed by atoms with van der Waals surface area (Å²) in [5.74, 6) is -0.00295. The van der Waals surface area contributed by atoms with Gasteiger partial charge in [-0.1, -0.05) is 18.2 Å². The van der Waals surface area contributed by atoms with E-state index >= 15 is 0 Å². The maximum Gasteiger partial charge on any atom is 0.286 e. The van der Waals surface area contributed by atoms with Crippen molar-refractivity contribution in [3.63, 3.8) is 0 Å². The molecular formula is C20H25N3O5. The number of nitrogens with one attached hydrogen (secondary N) is 1. The lowest BCUT2D eigenvalue weighted by atomic mass is 10.1. The van der Waals surface area contributed by atoms with E-state index in [-0.39, 0.29) is 17.0 Å². The Labute approximate surface area is 164 Å². The Hall–Kier alpha value is -3.29. The summed E-state index contributed by atoms with van der Waals surface area (Å²) in [6.45, 7) is 3.26. The third kappa shape index (κ3) is 5.35. The fraction of sp³-hybridized carbons (Fsp3) is 0.350. The Bertz CT molecular complexity index is 811. The second-order valence-electron chi connectivity index (χ2n) is 6.08. The van der Waals surface area contributed by atoms with Crippen molar-refractivity contribution in [1.29, 1.82) is 0 Å². The van der Waals surface area contributed by atoms with E-state index in [0.717, 1.165) is 12.2 Å². The molecule has 28 heavy (non-hydrogen) atoms. The van der Waals surface area contributed by atoms with Gasteiger partial charge in [-0.3, -0.25) is 14.9 Å². The first kappa shape index (κ1) is 21.0. The van der Waals surface area contributed by atoms with Gasteiger partial charge in [0.15, 0.2) is 11.5 Å². The Morgan fingerprint density at radius 3 is 2.54 bits per heavy atom. The third-order valence-electron chi connectivity index (χ3n) is 4.18. The molecule has 0 atom stereocenters. The first-order valence-corrected chi connectivity index (χ1v) is 9.01. The Kier molecular flexibility index (Phi) is 7.62. The molecule has 1 N–H and O–H groups in total. The predicted octanol–water partition coefficient (Wildman–Crippen LogP) is 3.26. The van der Waals surface area contributed by atoms with Gasteiger partial charge in [0.05, 0.1) is 24.7 Å². The van der Waals surface area contributed by atoms with Crippen molar-refractivity contribution in [2.24, 2.45) is 0 Å². The zero-order chi connectivity index (χ0) is 20.5. The average molecular weight is 387 g/mol. The fourth-order valence-corrected chi connectivity index (χ4v) is 2.73. The molecule has 8 heteroatoms. The van der Waals surface area contributed by atoms with E-state index in [0.29, 0.717) is 25.3 Å². The molecular weight excluding hydrogens is 362 g/mol. The van der Waals surface area contributed by atoms with Gasteiger partial charge in [-0.15, -0.1) is 0 Å². The number of amides is 1. The van der Waals surface area contributed by atoms with Crippen LogP contribution in [-0.2, 0) is 0 Å². The maximum absolute atomic E-state index is 12.5. The summed E-state index contributed by atoms with van der Waals surface area (Å²) in [7, 11) is 3.37. The first-order chi connectivity index (χ1) is 13.5. The molecule has 0 fully saturated rings. The molecule has 8 nitrogen and oxygen atoms in total. The highest BCUT2D eigenvalue weighted by atomic mass is 16.6. The van der Waals surface area contributed by atoms with E-state index in [9.17, 15) is 14.9 Å². The molecule has 1 amide bonds. The molecule has 0 unspecified atom stereocenters. The summed E-state index contributed by atoms with van der Waals surface area (Å²) >= 11 is 0. The van der Waals surface area contributed by atoms with Crippen LogP contribution in [0.15, 0.2) is 42.5 Å². The maximum atomic E-state index is 12.5. The minimum Gasteiger partial charge on any atom is -0.493 e. The van der Waals surface area contributed by atoms with Crippen molar-refractivity contribution in [2.75, 3.05) is 38.8 Å². The lowest BCUT2D eigenvalue weighted by Crippen LogP contribution is -2.28. The molecule has 0 aliphatic heterocycles. The van der Waals surface area contributed by atoms with Crippen molar-refractivity contribution < 1.29 is 19.2 Å². The highest BCUT2D eigenvalue weighted by Gasteiger charge is 2.24. The highest BCUT2D eigenvalue weighted by Crippen LogP contribution is 2.34. The lowest BCUT2D eigenvalue weighted by molar-refractivity contribution is -0.385. The van der Waals surface area contributed by atoms with Gasteiger partial charge in [-0.2, -0.15) is 0 Å². The molecule has 0 aliphatic rings. The van der Waals surface area contributed by atoms with Crippen LogP contribution in [0.1, 0.15) is 23.7 Å². The van der Waals surface area contributed by atoms with Gasteiger partial charge >= 0.3 is 0 Å². The van der Waals surface area contributed by atoms with Crippen LogP contribution in [0, 0.1) is 10.1 Å². The van der Waals surface area contributed by atoms with E-state index < -0.39 is 10.8 Å². The number of hydrogen-bond acceptors (Lipinski definition) is 6. The second kappa shape index (κ2) is 10.1. The Morgan fingerprint density at radius 1 is 1.21 bits per heavy atom. The topological polar surface area (TPSA) is 93.9 Å².